The van der Waals surface area contributed by atoms with Gasteiger partial charge in [0.15, 0.2) is 0 Å². The van der Waals surface area contributed by atoms with E-state index in [1.54, 1.807) is 7.11 Å². The minimum atomic E-state index is 0. The molecule has 0 aromatic heterocycles. The Labute approximate surface area is 147 Å². The van der Waals surface area contributed by atoms with Gasteiger partial charge in [0.2, 0.25) is 0 Å². The number of rotatable bonds is 6. The van der Waals surface area contributed by atoms with Crippen molar-refractivity contribution in [3.8, 4) is 0 Å². The topological polar surface area (TPSA) is 21.3 Å². The molecule has 108 valence electrons. The van der Waals surface area contributed by atoms with Gasteiger partial charge >= 0.3 is 31.1 Å². The van der Waals surface area contributed by atoms with E-state index in [0.29, 0.717) is 0 Å². The monoisotopic (exact) mass is 497 g/mol. The number of hydrogen-bond donors (Lipinski definition) is 1. The summed E-state index contributed by atoms with van der Waals surface area (Å²) in [7, 11) is 1.73. The van der Waals surface area contributed by atoms with Gasteiger partial charge in [-0.05, 0) is 18.4 Å². The van der Waals surface area contributed by atoms with Crippen molar-refractivity contribution in [2.45, 2.75) is 32.6 Å². The van der Waals surface area contributed by atoms with E-state index in [9.17, 15) is 0 Å². The zero-order valence-electron chi connectivity index (χ0n) is 12.7. The Morgan fingerprint density at radius 1 is 1.35 bits per heavy atom. The Morgan fingerprint density at radius 3 is 2.40 bits per heavy atom. The normalized spacial score (nSPS) is 11.8. The van der Waals surface area contributed by atoms with Gasteiger partial charge in [0.1, 0.15) is 0 Å². The summed E-state index contributed by atoms with van der Waals surface area (Å²) in [5, 5.41) is 3.44. The van der Waals surface area contributed by atoms with Crippen molar-refractivity contribution in [1.82, 2.24) is 5.32 Å². The maximum absolute atomic E-state index is 5.04. The Hall–Kier alpha value is -0.228. The molecule has 3 heteroatoms. The number of hydrogen-bond acceptors (Lipinski definition) is 2. The van der Waals surface area contributed by atoms with Crippen LogP contribution in [-0.2, 0) is 4.74 Å². The molecular formula is C17H25NOU. The second-order valence-corrected chi connectivity index (χ2v) is 4.54. The van der Waals surface area contributed by atoms with Gasteiger partial charge in [0.05, 0.1) is 6.61 Å². The van der Waals surface area contributed by atoms with Gasteiger partial charge in [-0.25, -0.2) is 0 Å². The van der Waals surface area contributed by atoms with Gasteiger partial charge in [0, 0.05) is 19.4 Å². The second-order valence-electron chi connectivity index (χ2n) is 4.54. The minimum absolute atomic E-state index is 0. The molecule has 0 spiro atoms. The van der Waals surface area contributed by atoms with Crippen molar-refractivity contribution < 1.29 is 35.9 Å². The molecule has 0 atom stereocenters. The quantitative estimate of drug-likeness (QED) is 0.477. The van der Waals surface area contributed by atoms with Crippen LogP contribution < -0.4 is 5.32 Å². The first kappa shape index (κ1) is 19.8. The molecule has 1 fully saturated rings. The smallest absolute Gasteiger partial charge is 0.384 e. The first-order valence-electron chi connectivity index (χ1n) is 7.04. The van der Waals surface area contributed by atoms with Crippen LogP contribution >= 0.6 is 0 Å². The summed E-state index contributed by atoms with van der Waals surface area (Å²) in [4.78, 5) is 0. The van der Waals surface area contributed by atoms with E-state index >= 15 is 0 Å². The largest absolute Gasteiger partial charge is 2.00 e. The molecule has 0 saturated heterocycles. The van der Waals surface area contributed by atoms with Crippen LogP contribution in [-0.4, -0.2) is 20.3 Å². The molecule has 0 unspecified atom stereocenters. The predicted molar refractivity (Wildman–Crippen MR) is 81.6 cm³/mol. The van der Waals surface area contributed by atoms with E-state index in [1.807, 2.05) is 12.1 Å². The van der Waals surface area contributed by atoms with E-state index in [0.717, 1.165) is 19.6 Å². The molecule has 20 heavy (non-hydrogen) atoms. The molecule has 1 aliphatic rings. The van der Waals surface area contributed by atoms with Crippen LogP contribution in [0.2, 0.25) is 0 Å². The molecule has 1 N–H and O–H groups in total. The molecular weight excluding hydrogens is 472 g/mol. The Kier molecular flexibility index (Phi) is 12.4. The summed E-state index contributed by atoms with van der Waals surface area (Å²) in [6.45, 7) is 7.34. The SMILES string of the molecule is COCCNC(=C1CC1)c1cc[c-]cc1.[CH2-]CCC.[U+2]. The fourth-order valence-electron chi connectivity index (χ4n) is 1.58. The third-order valence-electron chi connectivity index (χ3n) is 2.82. The summed E-state index contributed by atoms with van der Waals surface area (Å²) in [6.07, 6.45) is 4.74. The fourth-order valence-corrected chi connectivity index (χ4v) is 1.58. The fraction of sp³-hybridized carbons (Fsp3) is 0.471. The Morgan fingerprint density at radius 2 is 1.95 bits per heavy atom. The zero-order chi connectivity index (χ0) is 13.9. The van der Waals surface area contributed by atoms with Gasteiger partial charge in [0.25, 0.3) is 0 Å². The summed E-state index contributed by atoms with van der Waals surface area (Å²) in [6, 6.07) is 11.1. The first-order chi connectivity index (χ1) is 9.33. The van der Waals surface area contributed by atoms with E-state index in [1.165, 1.54) is 36.1 Å². The third-order valence-corrected chi connectivity index (χ3v) is 2.82. The second kappa shape index (κ2) is 12.5. The molecule has 0 radical (unpaired) electrons. The van der Waals surface area contributed by atoms with Crippen LogP contribution in [0.5, 0.6) is 0 Å². The van der Waals surface area contributed by atoms with Crippen LogP contribution in [0.15, 0.2) is 29.8 Å². The van der Waals surface area contributed by atoms with Crippen molar-refractivity contribution in [2.75, 3.05) is 20.3 Å². The Bertz CT molecular complexity index is 368. The van der Waals surface area contributed by atoms with Crippen molar-refractivity contribution in [3.05, 3.63) is 48.4 Å². The summed E-state index contributed by atoms with van der Waals surface area (Å²) in [5.74, 6) is 0. The zero-order valence-corrected chi connectivity index (χ0v) is 16.8. The maximum Gasteiger partial charge on any atom is 2.00 e. The number of methoxy groups -OCH3 is 1. The Balaban J connectivity index is 0.000000644. The van der Waals surface area contributed by atoms with E-state index < -0.39 is 0 Å². The van der Waals surface area contributed by atoms with Gasteiger partial charge in [-0.2, -0.15) is 36.8 Å². The number of unbranched alkanes of at least 4 members (excludes halogenated alkanes) is 1. The van der Waals surface area contributed by atoms with Gasteiger partial charge in [-0.3, -0.25) is 0 Å². The molecule has 0 amide bonds. The van der Waals surface area contributed by atoms with Crippen molar-refractivity contribution in [3.63, 3.8) is 0 Å². The number of allylic oxidation sites excluding steroid dienone is 1. The number of benzene rings is 1. The van der Waals surface area contributed by atoms with Crippen LogP contribution in [0.25, 0.3) is 5.70 Å². The molecule has 1 aliphatic carbocycles. The van der Waals surface area contributed by atoms with Crippen molar-refractivity contribution >= 4 is 5.70 Å². The molecule has 2 rings (SSSR count). The average Bonchev–Trinajstić information content (AvgIpc) is 3.29. The predicted octanol–water partition coefficient (Wildman–Crippen LogP) is 3.85. The van der Waals surface area contributed by atoms with Gasteiger partial charge in [-0.1, -0.05) is 13.3 Å². The van der Waals surface area contributed by atoms with Crippen LogP contribution in [0.4, 0.5) is 0 Å². The van der Waals surface area contributed by atoms with Crippen molar-refractivity contribution in [2.24, 2.45) is 0 Å². The minimum Gasteiger partial charge on any atom is -0.384 e. The number of nitrogens with one attached hydrogen (secondary N) is 1. The first-order valence-corrected chi connectivity index (χ1v) is 7.04. The summed E-state index contributed by atoms with van der Waals surface area (Å²) < 4.78 is 5.04. The molecule has 1 aromatic rings. The average molecular weight is 497 g/mol. The van der Waals surface area contributed by atoms with E-state index in [-0.39, 0.29) is 31.1 Å². The molecule has 0 heterocycles. The van der Waals surface area contributed by atoms with E-state index in [4.69, 9.17) is 4.74 Å². The molecule has 1 aromatic carbocycles. The van der Waals surface area contributed by atoms with Crippen LogP contribution in [0.1, 0.15) is 38.2 Å². The molecule has 1 saturated carbocycles. The maximum atomic E-state index is 5.04. The molecule has 2 nitrogen and oxygen atoms in total. The standard InChI is InChI=1S/C13H16NO.C4H9.U/c1-15-10-9-14-13(12-7-8-12)11-5-3-2-4-6-11;1-3-4-2;/h3-6,14H,7-10H2,1H3;1,3-4H2,2H3;/q2*-1;+2. The summed E-state index contributed by atoms with van der Waals surface area (Å²) in [5.41, 5.74) is 4.08. The third kappa shape index (κ3) is 8.15. The number of ether oxygens (including phenoxy) is 1. The molecule has 0 aliphatic heterocycles. The van der Waals surface area contributed by atoms with E-state index in [2.05, 4.69) is 37.4 Å². The van der Waals surface area contributed by atoms with Gasteiger partial charge < -0.3 is 17.0 Å². The van der Waals surface area contributed by atoms with Crippen molar-refractivity contribution in [1.29, 1.82) is 0 Å². The van der Waals surface area contributed by atoms with Crippen LogP contribution in [0, 0.1) is 44.1 Å². The van der Waals surface area contributed by atoms with Crippen LogP contribution in [0.3, 0.4) is 0 Å². The van der Waals surface area contributed by atoms with Gasteiger partial charge in [-0.15, -0.1) is 5.56 Å². The summed E-state index contributed by atoms with van der Waals surface area (Å²) >= 11 is 0. The molecule has 0 bridgehead atoms.